The third-order valence-corrected chi connectivity index (χ3v) is 3.36. The van der Waals surface area contributed by atoms with E-state index < -0.39 is 0 Å². The summed E-state index contributed by atoms with van der Waals surface area (Å²) >= 11 is 4.95. The molecule has 0 saturated carbocycles. The van der Waals surface area contributed by atoms with Crippen LogP contribution >= 0.6 is 27.3 Å². The number of nitrogens with zero attached hydrogens (tertiary/aromatic N) is 4. The first-order chi connectivity index (χ1) is 7.33. The molecule has 15 heavy (non-hydrogen) atoms. The lowest BCUT2D eigenvalue weighted by Gasteiger charge is -1.90. The van der Waals surface area contributed by atoms with Gasteiger partial charge in [-0.3, -0.25) is 4.98 Å². The lowest BCUT2D eigenvalue weighted by Crippen LogP contribution is -1.91. The van der Waals surface area contributed by atoms with Crippen LogP contribution in [0.2, 0.25) is 0 Å². The van der Waals surface area contributed by atoms with Crippen molar-refractivity contribution in [1.29, 1.82) is 0 Å². The first kappa shape index (κ1) is 8.99. The van der Waals surface area contributed by atoms with Crippen LogP contribution < -0.4 is 0 Å². The molecular formula is C9H5BrN4S. The van der Waals surface area contributed by atoms with Gasteiger partial charge < -0.3 is 0 Å². The maximum atomic E-state index is 4.43. The number of hydrogen-bond acceptors (Lipinski definition) is 4. The molecule has 0 aliphatic heterocycles. The van der Waals surface area contributed by atoms with E-state index in [1.54, 1.807) is 34.6 Å². The van der Waals surface area contributed by atoms with E-state index in [2.05, 4.69) is 31.0 Å². The summed E-state index contributed by atoms with van der Waals surface area (Å²) in [5.41, 5.74) is 0.907. The minimum absolute atomic E-state index is 0.851. The van der Waals surface area contributed by atoms with E-state index >= 15 is 0 Å². The van der Waals surface area contributed by atoms with Crippen molar-refractivity contribution in [2.75, 3.05) is 0 Å². The van der Waals surface area contributed by atoms with Gasteiger partial charge in [0.15, 0.2) is 0 Å². The van der Waals surface area contributed by atoms with Crippen molar-refractivity contribution in [1.82, 2.24) is 19.7 Å². The Morgan fingerprint density at radius 1 is 1.33 bits per heavy atom. The van der Waals surface area contributed by atoms with Crippen molar-refractivity contribution < 1.29 is 0 Å². The average Bonchev–Trinajstić information content (AvgIpc) is 2.82. The number of rotatable bonds is 1. The molecule has 6 heteroatoms. The highest BCUT2D eigenvalue weighted by atomic mass is 79.9. The van der Waals surface area contributed by atoms with Gasteiger partial charge in [0.25, 0.3) is 0 Å². The summed E-state index contributed by atoms with van der Waals surface area (Å²) in [5, 5.41) is 5.03. The van der Waals surface area contributed by atoms with Crippen LogP contribution in [0.3, 0.4) is 0 Å². The van der Waals surface area contributed by atoms with Crippen molar-refractivity contribution >= 4 is 37.5 Å². The fourth-order valence-electron chi connectivity index (χ4n) is 1.27. The Balaban J connectivity index is 2.19. The van der Waals surface area contributed by atoms with E-state index in [1.807, 2.05) is 12.3 Å². The van der Waals surface area contributed by atoms with Crippen LogP contribution in [-0.4, -0.2) is 19.7 Å². The minimum Gasteiger partial charge on any atom is -0.262 e. The topological polar surface area (TPSA) is 43.6 Å². The summed E-state index contributed by atoms with van der Waals surface area (Å²) in [6, 6.07) is 1.95. The van der Waals surface area contributed by atoms with Gasteiger partial charge in [-0.15, -0.1) is 0 Å². The van der Waals surface area contributed by atoms with Gasteiger partial charge in [0.1, 0.15) is 5.52 Å². The molecule has 3 aromatic heterocycles. The Bertz CT molecular complexity index is 582. The average molecular weight is 281 g/mol. The van der Waals surface area contributed by atoms with E-state index in [0.29, 0.717) is 0 Å². The van der Waals surface area contributed by atoms with Gasteiger partial charge in [0.05, 0.1) is 21.6 Å². The molecule has 3 rings (SSSR count). The predicted octanol–water partition coefficient (Wildman–Crippen LogP) is 2.64. The summed E-state index contributed by atoms with van der Waals surface area (Å²) in [5.74, 6) is 0. The molecule has 0 spiro atoms. The van der Waals surface area contributed by atoms with Crippen molar-refractivity contribution in [2.24, 2.45) is 0 Å². The molecule has 0 saturated heterocycles. The number of hydrogen-bond donors (Lipinski definition) is 0. The largest absolute Gasteiger partial charge is 0.262 e. The zero-order valence-corrected chi connectivity index (χ0v) is 9.86. The molecule has 0 amide bonds. The van der Waals surface area contributed by atoms with E-state index in [4.69, 9.17) is 0 Å². The molecule has 0 aliphatic rings. The molecule has 74 valence electrons. The highest BCUT2D eigenvalue weighted by Gasteiger charge is 2.06. The van der Waals surface area contributed by atoms with Gasteiger partial charge in [-0.05, 0) is 22.0 Å². The number of thiazole rings is 1. The van der Waals surface area contributed by atoms with Gasteiger partial charge in [-0.1, -0.05) is 11.3 Å². The zero-order valence-electron chi connectivity index (χ0n) is 7.46. The molecule has 3 heterocycles. The van der Waals surface area contributed by atoms with Crippen LogP contribution in [0.5, 0.6) is 0 Å². The van der Waals surface area contributed by atoms with Crippen molar-refractivity contribution in [3.63, 3.8) is 0 Å². The molecule has 0 N–H and O–H groups in total. The van der Waals surface area contributed by atoms with Crippen LogP contribution in [0.25, 0.3) is 15.3 Å². The van der Waals surface area contributed by atoms with E-state index in [0.717, 1.165) is 19.8 Å². The highest BCUT2D eigenvalue weighted by Crippen LogP contribution is 2.23. The molecule has 0 aliphatic carbocycles. The van der Waals surface area contributed by atoms with Crippen LogP contribution in [0.15, 0.2) is 35.3 Å². The Kier molecular flexibility index (Phi) is 2.03. The molecule has 4 nitrogen and oxygen atoms in total. The second kappa shape index (κ2) is 3.39. The predicted molar refractivity (Wildman–Crippen MR) is 62.2 cm³/mol. The van der Waals surface area contributed by atoms with Gasteiger partial charge >= 0.3 is 0 Å². The summed E-state index contributed by atoms with van der Waals surface area (Å²) in [4.78, 5) is 8.46. The Hall–Kier alpha value is -1.27. The Morgan fingerprint density at radius 3 is 3.00 bits per heavy atom. The maximum absolute atomic E-state index is 4.43. The zero-order chi connectivity index (χ0) is 10.3. The van der Waals surface area contributed by atoms with E-state index in [1.165, 1.54) is 0 Å². The normalized spacial score (nSPS) is 11.0. The first-order valence-electron chi connectivity index (χ1n) is 4.24. The summed E-state index contributed by atoms with van der Waals surface area (Å²) < 4.78 is 3.81. The smallest absolute Gasteiger partial charge is 0.211 e. The van der Waals surface area contributed by atoms with Gasteiger partial charge in [0, 0.05) is 12.4 Å². The highest BCUT2D eigenvalue weighted by molar-refractivity contribution is 9.10. The van der Waals surface area contributed by atoms with Crippen molar-refractivity contribution in [3.05, 3.63) is 35.3 Å². The van der Waals surface area contributed by atoms with E-state index in [9.17, 15) is 0 Å². The fraction of sp³-hybridized carbons (Fsp3) is 0. The summed E-state index contributed by atoms with van der Waals surface area (Å²) in [6.07, 6.45) is 7.15. The number of aromatic nitrogens is 4. The molecule has 0 fully saturated rings. The van der Waals surface area contributed by atoms with Crippen molar-refractivity contribution in [3.8, 4) is 5.13 Å². The van der Waals surface area contributed by atoms with Crippen LogP contribution in [0.1, 0.15) is 0 Å². The lowest BCUT2D eigenvalue weighted by atomic mass is 10.5. The summed E-state index contributed by atoms with van der Waals surface area (Å²) in [7, 11) is 0. The van der Waals surface area contributed by atoms with Gasteiger partial charge in [0.2, 0.25) is 5.13 Å². The van der Waals surface area contributed by atoms with Gasteiger partial charge in [-0.25, -0.2) is 9.67 Å². The number of halogens is 1. The second-order valence-electron chi connectivity index (χ2n) is 2.94. The molecule has 0 aromatic carbocycles. The van der Waals surface area contributed by atoms with Gasteiger partial charge in [-0.2, -0.15) is 5.10 Å². The molecular weight excluding hydrogens is 276 g/mol. The second-order valence-corrected chi connectivity index (χ2v) is 4.87. The minimum atomic E-state index is 0.851. The SMILES string of the molecule is Brc1cnn(-c2nc3cnccc3s2)c1. The Morgan fingerprint density at radius 2 is 2.27 bits per heavy atom. The molecule has 0 atom stereocenters. The third kappa shape index (κ3) is 1.55. The molecule has 0 unspecified atom stereocenters. The van der Waals surface area contributed by atoms with Crippen LogP contribution in [0, 0.1) is 0 Å². The monoisotopic (exact) mass is 280 g/mol. The quantitative estimate of drug-likeness (QED) is 0.688. The maximum Gasteiger partial charge on any atom is 0.211 e. The van der Waals surface area contributed by atoms with Crippen molar-refractivity contribution in [2.45, 2.75) is 0 Å². The number of pyridine rings is 1. The third-order valence-electron chi connectivity index (χ3n) is 1.93. The number of fused-ring (bicyclic) bond motifs is 1. The van der Waals surface area contributed by atoms with Crippen LogP contribution in [-0.2, 0) is 0 Å². The molecule has 0 radical (unpaired) electrons. The Labute approximate surface area is 97.7 Å². The standard InChI is InChI=1S/C9H5BrN4S/c10-6-3-12-14(5-6)9-13-7-4-11-2-1-8(7)15-9/h1-5H. The fourth-order valence-corrected chi connectivity index (χ4v) is 2.42. The van der Waals surface area contributed by atoms with Crippen LogP contribution in [0.4, 0.5) is 0 Å². The lowest BCUT2D eigenvalue weighted by molar-refractivity contribution is 0.872. The summed E-state index contributed by atoms with van der Waals surface area (Å²) in [6.45, 7) is 0. The first-order valence-corrected chi connectivity index (χ1v) is 5.85. The molecule has 3 aromatic rings. The van der Waals surface area contributed by atoms with E-state index in [-0.39, 0.29) is 0 Å². The molecule has 0 bridgehead atoms.